The van der Waals surface area contributed by atoms with Gasteiger partial charge in [0.2, 0.25) is 0 Å². The fourth-order valence-electron chi connectivity index (χ4n) is 0. The highest BCUT2D eigenvalue weighted by Gasteiger charge is 1.88. The van der Waals surface area contributed by atoms with Crippen molar-refractivity contribution in [2.45, 2.75) is 0 Å². The van der Waals surface area contributed by atoms with E-state index >= 15 is 0 Å². The molecule has 0 saturated heterocycles. The van der Waals surface area contributed by atoms with E-state index in [9.17, 15) is 0 Å². The molecule has 0 heterocycles. The van der Waals surface area contributed by atoms with Gasteiger partial charge in [0, 0.05) is 11.1 Å². The SMILES string of the molecule is ClC(Cl)=C(Cl)Cl.ClC=CCl. The summed E-state index contributed by atoms with van der Waals surface area (Å²) in [5.41, 5.74) is 2.48. The smallest absolute Gasteiger partial charge is 0.0920 e. The van der Waals surface area contributed by atoms with Gasteiger partial charge in [-0.1, -0.05) is 69.6 Å². The highest BCUT2D eigenvalue weighted by Crippen LogP contribution is 2.20. The van der Waals surface area contributed by atoms with E-state index < -0.39 is 0 Å². The van der Waals surface area contributed by atoms with Crippen LogP contribution in [-0.4, -0.2) is 0 Å². The Morgan fingerprint density at radius 1 is 0.700 bits per heavy atom. The molecule has 0 nitrogen and oxygen atoms in total. The minimum absolute atomic E-state index is 0.0988. The highest BCUT2D eigenvalue weighted by atomic mass is 35.5. The summed E-state index contributed by atoms with van der Waals surface area (Å²) in [5, 5.41) is 0. The van der Waals surface area contributed by atoms with Crippen LogP contribution in [0.25, 0.3) is 0 Å². The molecular formula is C4H2Cl6. The van der Waals surface area contributed by atoms with Crippen LogP contribution in [0.4, 0.5) is 0 Å². The van der Waals surface area contributed by atoms with E-state index in [2.05, 4.69) is 0 Å². The van der Waals surface area contributed by atoms with Crippen molar-refractivity contribution in [3.63, 3.8) is 0 Å². The van der Waals surface area contributed by atoms with Gasteiger partial charge in [0.1, 0.15) is 8.98 Å². The van der Waals surface area contributed by atoms with Gasteiger partial charge in [-0.25, -0.2) is 0 Å². The van der Waals surface area contributed by atoms with Crippen LogP contribution < -0.4 is 0 Å². The normalized spacial score (nSPS) is 8.60. The zero-order valence-corrected chi connectivity index (χ0v) is 8.96. The Morgan fingerprint density at radius 2 is 0.900 bits per heavy atom. The monoisotopic (exact) mass is 260 g/mol. The maximum Gasteiger partial charge on any atom is 0.136 e. The van der Waals surface area contributed by atoms with Crippen molar-refractivity contribution in [3.8, 4) is 0 Å². The van der Waals surface area contributed by atoms with Gasteiger partial charge in [0.25, 0.3) is 0 Å². The summed E-state index contributed by atoms with van der Waals surface area (Å²) >= 11 is 29.7. The molecule has 0 amide bonds. The largest absolute Gasteiger partial charge is 0.136 e. The Balaban J connectivity index is 0. The van der Waals surface area contributed by atoms with E-state index in [0.29, 0.717) is 0 Å². The Bertz CT molecular complexity index is 104. The van der Waals surface area contributed by atoms with Crippen LogP contribution in [0.3, 0.4) is 0 Å². The van der Waals surface area contributed by atoms with Crippen molar-refractivity contribution in [1.82, 2.24) is 0 Å². The molecule has 6 heteroatoms. The maximum atomic E-state index is 4.99. The minimum Gasteiger partial charge on any atom is -0.0920 e. The Labute approximate surface area is 89.3 Å². The molecule has 0 aliphatic carbocycles. The fourth-order valence-corrected chi connectivity index (χ4v) is 0. The molecule has 0 radical (unpaired) electrons. The average Bonchev–Trinajstić information content (AvgIpc) is 1.89. The lowest BCUT2D eigenvalue weighted by molar-refractivity contribution is 2.25. The molecule has 0 aromatic heterocycles. The van der Waals surface area contributed by atoms with Crippen LogP contribution in [0, 0.1) is 0 Å². The van der Waals surface area contributed by atoms with Crippen molar-refractivity contribution in [2.24, 2.45) is 0 Å². The molecule has 0 bridgehead atoms. The molecule has 10 heavy (non-hydrogen) atoms. The molecule has 0 aliphatic heterocycles. The van der Waals surface area contributed by atoms with Gasteiger partial charge in [-0.15, -0.1) is 0 Å². The van der Waals surface area contributed by atoms with Crippen LogP contribution in [0.15, 0.2) is 20.1 Å². The number of hydrogen-bond acceptors (Lipinski definition) is 0. The van der Waals surface area contributed by atoms with Crippen molar-refractivity contribution >= 4 is 69.6 Å². The molecule has 0 unspecified atom stereocenters. The molecule has 0 aromatic rings. The predicted molar refractivity (Wildman–Crippen MR) is 51.3 cm³/mol. The average molecular weight is 263 g/mol. The van der Waals surface area contributed by atoms with Gasteiger partial charge in [0.05, 0.1) is 0 Å². The van der Waals surface area contributed by atoms with Crippen LogP contribution in [-0.2, 0) is 0 Å². The van der Waals surface area contributed by atoms with E-state index in [1.165, 1.54) is 11.1 Å². The van der Waals surface area contributed by atoms with Gasteiger partial charge in [-0.2, -0.15) is 0 Å². The standard InChI is InChI=1S/C2Cl4.C2H2Cl2/c3-1(4)2(5)6;3-1-2-4/h;1-2H. The second-order valence-corrected chi connectivity index (χ2v) is 3.18. The summed E-state index contributed by atoms with van der Waals surface area (Å²) < 4.78 is -0.198. The van der Waals surface area contributed by atoms with Crippen molar-refractivity contribution in [3.05, 3.63) is 20.1 Å². The third-order valence-corrected chi connectivity index (χ3v) is 1.71. The third-order valence-electron chi connectivity index (χ3n) is 0.190. The summed E-state index contributed by atoms with van der Waals surface area (Å²) in [6.07, 6.45) is 0. The lowest BCUT2D eigenvalue weighted by atomic mass is 11.2. The van der Waals surface area contributed by atoms with Crippen LogP contribution in [0.5, 0.6) is 0 Å². The van der Waals surface area contributed by atoms with Gasteiger partial charge in [-0.3, -0.25) is 0 Å². The quantitative estimate of drug-likeness (QED) is 0.576. The first kappa shape index (κ1) is 13.8. The van der Waals surface area contributed by atoms with Crippen LogP contribution in [0.1, 0.15) is 0 Å². The maximum absolute atomic E-state index is 4.99. The second-order valence-electron chi connectivity index (χ2n) is 0.773. The van der Waals surface area contributed by atoms with Crippen molar-refractivity contribution in [1.29, 1.82) is 0 Å². The Hall–Kier alpha value is 1.22. The third kappa shape index (κ3) is 16.1. The highest BCUT2D eigenvalue weighted by molar-refractivity contribution is 6.67. The van der Waals surface area contributed by atoms with Gasteiger partial charge >= 0.3 is 0 Å². The second kappa shape index (κ2) is 10.2. The Morgan fingerprint density at radius 3 is 0.900 bits per heavy atom. The summed E-state index contributed by atoms with van der Waals surface area (Å²) in [7, 11) is 0. The molecular weight excluding hydrogens is 261 g/mol. The zero-order valence-electron chi connectivity index (χ0n) is 4.42. The summed E-state index contributed by atoms with van der Waals surface area (Å²) in [6, 6.07) is 0. The molecule has 0 rings (SSSR count). The topological polar surface area (TPSA) is 0 Å². The van der Waals surface area contributed by atoms with Crippen LogP contribution >= 0.6 is 69.6 Å². The van der Waals surface area contributed by atoms with Gasteiger partial charge in [-0.05, 0) is 0 Å². The van der Waals surface area contributed by atoms with Crippen molar-refractivity contribution < 1.29 is 0 Å². The molecule has 0 saturated carbocycles. The van der Waals surface area contributed by atoms with E-state index in [1.54, 1.807) is 0 Å². The molecule has 0 fully saturated rings. The van der Waals surface area contributed by atoms with Crippen LogP contribution in [0.2, 0.25) is 0 Å². The Kier molecular flexibility index (Phi) is 14.1. The molecule has 60 valence electrons. The van der Waals surface area contributed by atoms with E-state index in [1.807, 2.05) is 0 Å². The predicted octanol–water partition coefficient (Wildman–Crippen LogP) is 5.00. The van der Waals surface area contributed by atoms with E-state index in [-0.39, 0.29) is 8.98 Å². The molecule has 0 spiro atoms. The number of hydrogen-bond donors (Lipinski definition) is 0. The van der Waals surface area contributed by atoms with E-state index in [0.717, 1.165) is 0 Å². The lowest BCUT2D eigenvalue weighted by Crippen LogP contribution is -1.47. The molecule has 0 aliphatic rings. The fraction of sp³-hybridized carbons (Fsp3) is 0. The molecule has 0 aromatic carbocycles. The summed E-state index contributed by atoms with van der Waals surface area (Å²) in [4.78, 5) is 0. The molecule has 0 atom stereocenters. The lowest BCUT2D eigenvalue weighted by Gasteiger charge is -1.75. The summed E-state index contributed by atoms with van der Waals surface area (Å²) in [5.74, 6) is 0. The number of rotatable bonds is 0. The molecule has 0 N–H and O–H groups in total. The number of halogens is 6. The first-order valence-corrected chi connectivity index (χ1v) is 4.16. The van der Waals surface area contributed by atoms with E-state index in [4.69, 9.17) is 69.6 Å². The summed E-state index contributed by atoms with van der Waals surface area (Å²) in [6.45, 7) is 0. The van der Waals surface area contributed by atoms with Gasteiger partial charge in [0.15, 0.2) is 0 Å². The minimum atomic E-state index is -0.0988. The zero-order chi connectivity index (χ0) is 8.57. The first-order chi connectivity index (χ1) is 4.56. The van der Waals surface area contributed by atoms with Gasteiger partial charge < -0.3 is 0 Å². The first-order valence-electron chi connectivity index (χ1n) is 1.78. The van der Waals surface area contributed by atoms with Crippen molar-refractivity contribution in [2.75, 3.05) is 0 Å².